The van der Waals surface area contributed by atoms with Gasteiger partial charge in [-0.05, 0) is 130 Å². The fourth-order valence-electron chi connectivity index (χ4n) is 10.3. The van der Waals surface area contributed by atoms with Crippen molar-refractivity contribution in [2.75, 3.05) is 4.90 Å². The average molecular weight is 814 g/mol. The van der Waals surface area contributed by atoms with Crippen LogP contribution in [-0.2, 0) is 0 Å². The molecule has 0 saturated carbocycles. The molecule has 0 unspecified atom stereocenters. The Morgan fingerprint density at radius 3 is 1.58 bits per heavy atom. The van der Waals surface area contributed by atoms with Crippen LogP contribution in [0.4, 0.5) is 17.1 Å². The van der Waals surface area contributed by atoms with Crippen molar-refractivity contribution in [3.05, 3.63) is 237 Å². The summed E-state index contributed by atoms with van der Waals surface area (Å²) >= 11 is 0. The summed E-state index contributed by atoms with van der Waals surface area (Å²) in [4.78, 5) is 2.44. The van der Waals surface area contributed by atoms with E-state index in [1.807, 2.05) is 0 Å². The average Bonchev–Trinajstić information content (AvgIpc) is 3.76. The van der Waals surface area contributed by atoms with E-state index >= 15 is 0 Å². The lowest BCUT2D eigenvalue weighted by atomic mass is 9.85. The largest absolute Gasteiger partial charge is 0.455 e. The summed E-state index contributed by atoms with van der Waals surface area (Å²) in [5.74, 6) is 0. The normalized spacial score (nSPS) is 11.8. The van der Waals surface area contributed by atoms with E-state index in [1.165, 1.54) is 70.7 Å². The Hall–Kier alpha value is -8.46. The van der Waals surface area contributed by atoms with Crippen LogP contribution in [0, 0.1) is 0 Å². The molecule has 2 nitrogen and oxygen atoms in total. The van der Waals surface area contributed by atoms with Gasteiger partial charge in [0.1, 0.15) is 11.2 Å². The second-order valence-corrected chi connectivity index (χ2v) is 16.8. The Morgan fingerprint density at radius 2 is 0.797 bits per heavy atom. The Balaban J connectivity index is 1.08. The van der Waals surface area contributed by atoms with Gasteiger partial charge in [-0.2, -0.15) is 0 Å². The molecular weight excluding hydrogens is 775 g/mol. The maximum Gasteiger partial charge on any atom is 0.143 e. The fourth-order valence-corrected chi connectivity index (χ4v) is 10.3. The van der Waals surface area contributed by atoms with Crippen molar-refractivity contribution in [2.24, 2.45) is 0 Å². The molecule has 0 N–H and O–H groups in total. The van der Waals surface area contributed by atoms with Crippen LogP contribution < -0.4 is 4.90 Å². The molecule has 0 atom stereocenters. The minimum absolute atomic E-state index is 0.886. The number of anilines is 3. The van der Waals surface area contributed by atoms with Gasteiger partial charge in [0.2, 0.25) is 0 Å². The fraction of sp³-hybridized carbons (Fsp3) is 0. The van der Waals surface area contributed by atoms with Crippen LogP contribution in [0.2, 0.25) is 0 Å². The Labute approximate surface area is 370 Å². The Bertz CT molecular complexity index is 3960. The zero-order valence-electron chi connectivity index (χ0n) is 34.9. The predicted molar refractivity (Wildman–Crippen MR) is 272 cm³/mol. The van der Waals surface area contributed by atoms with Gasteiger partial charge in [0.15, 0.2) is 0 Å². The lowest BCUT2D eigenvalue weighted by molar-refractivity contribution is 0.673. The van der Waals surface area contributed by atoms with Crippen LogP contribution in [0.1, 0.15) is 0 Å². The first-order valence-electron chi connectivity index (χ1n) is 22.0. The highest BCUT2D eigenvalue weighted by atomic mass is 16.3. The molecule has 2 heteroatoms. The third kappa shape index (κ3) is 5.73. The van der Waals surface area contributed by atoms with Gasteiger partial charge >= 0.3 is 0 Å². The Morgan fingerprint density at radius 1 is 0.281 bits per heavy atom. The van der Waals surface area contributed by atoms with Crippen molar-refractivity contribution < 1.29 is 4.42 Å². The molecule has 13 rings (SSSR count). The van der Waals surface area contributed by atoms with E-state index in [0.717, 1.165) is 55.5 Å². The summed E-state index contributed by atoms with van der Waals surface area (Å²) in [6, 6.07) is 86.2. The third-order valence-corrected chi connectivity index (χ3v) is 13.2. The molecule has 64 heavy (non-hydrogen) atoms. The summed E-state index contributed by atoms with van der Waals surface area (Å²) in [5.41, 5.74) is 12.2. The highest BCUT2D eigenvalue weighted by Crippen LogP contribution is 2.48. The van der Waals surface area contributed by atoms with E-state index < -0.39 is 0 Å². The number of fused-ring (bicyclic) bond motifs is 11. The van der Waals surface area contributed by atoms with Gasteiger partial charge in [-0.1, -0.05) is 188 Å². The Kier molecular flexibility index (Phi) is 8.25. The van der Waals surface area contributed by atoms with Crippen molar-refractivity contribution >= 4 is 92.9 Å². The van der Waals surface area contributed by atoms with Gasteiger partial charge in [0.05, 0.1) is 0 Å². The van der Waals surface area contributed by atoms with Crippen LogP contribution in [0.25, 0.3) is 109 Å². The maximum absolute atomic E-state index is 6.67. The van der Waals surface area contributed by atoms with E-state index in [0.29, 0.717) is 0 Å². The molecule has 0 saturated heterocycles. The van der Waals surface area contributed by atoms with E-state index in [1.54, 1.807) is 0 Å². The molecule has 12 aromatic carbocycles. The van der Waals surface area contributed by atoms with Crippen molar-refractivity contribution in [3.8, 4) is 33.4 Å². The van der Waals surface area contributed by atoms with E-state index in [4.69, 9.17) is 4.42 Å². The molecular formula is C62H39NO. The van der Waals surface area contributed by atoms with Gasteiger partial charge in [-0.25, -0.2) is 0 Å². The maximum atomic E-state index is 6.67. The monoisotopic (exact) mass is 813 g/mol. The number of furan rings is 1. The van der Waals surface area contributed by atoms with E-state index in [9.17, 15) is 0 Å². The standard InChI is InChI=1S/C62H39NO/c1-3-17-42(18-4-1)59-55-26-12-11-25-53(55)54-36-33-48(39-57(54)60(59)43-19-5-2-6-20-43)63(47-32-35-50-45(38-47)30-29-40-15-7-9-23-49(40)50)46-22-13-21-44(37-46)51-27-14-28-58-61(51)56-34-31-41-16-8-10-24-52(41)62(56)64-58/h1-39H. The van der Waals surface area contributed by atoms with Crippen LogP contribution >= 0.6 is 0 Å². The minimum atomic E-state index is 0.886. The molecule has 0 fully saturated rings. The van der Waals surface area contributed by atoms with Crippen molar-refractivity contribution in [3.63, 3.8) is 0 Å². The molecule has 1 aromatic heterocycles. The second-order valence-electron chi connectivity index (χ2n) is 16.8. The summed E-state index contributed by atoms with van der Waals surface area (Å²) in [7, 11) is 0. The minimum Gasteiger partial charge on any atom is -0.455 e. The number of hydrogen-bond acceptors (Lipinski definition) is 2. The molecule has 0 aliphatic carbocycles. The number of hydrogen-bond donors (Lipinski definition) is 0. The number of rotatable bonds is 6. The molecule has 0 amide bonds. The van der Waals surface area contributed by atoms with Gasteiger partial charge in [-0.15, -0.1) is 0 Å². The van der Waals surface area contributed by atoms with Gasteiger partial charge in [-0.3, -0.25) is 0 Å². The molecule has 0 radical (unpaired) electrons. The zero-order valence-corrected chi connectivity index (χ0v) is 34.9. The van der Waals surface area contributed by atoms with Crippen LogP contribution in [0.5, 0.6) is 0 Å². The zero-order chi connectivity index (χ0) is 42.1. The molecule has 0 aliphatic rings. The molecule has 298 valence electrons. The molecule has 0 spiro atoms. The lowest BCUT2D eigenvalue weighted by Gasteiger charge is -2.28. The summed E-state index contributed by atoms with van der Waals surface area (Å²) < 4.78 is 6.67. The van der Waals surface area contributed by atoms with Gasteiger partial charge in [0, 0.05) is 33.2 Å². The SMILES string of the molecule is c1ccc(-c2c(-c3ccccc3)c3cc(N(c4cccc(-c5cccc6oc7c8ccccc8ccc7c56)c4)c4ccc5c(ccc6ccccc65)c4)ccc3c3ccccc23)cc1. The molecule has 1 heterocycles. The van der Waals surface area contributed by atoms with Gasteiger partial charge in [0.25, 0.3) is 0 Å². The molecule has 0 bridgehead atoms. The quantitative estimate of drug-likeness (QED) is 0.156. The highest BCUT2D eigenvalue weighted by Gasteiger charge is 2.22. The first-order valence-corrected chi connectivity index (χ1v) is 22.0. The first-order chi connectivity index (χ1) is 31.7. The van der Waals surface area contributed by atoms with Crippen molar-refractivity contribution in [1.29, 1.82) is 0 Å². The number of benzene rings is 12. The van der Waals surface area contributed by atoms with Crippen molar-refractivity contribution in [1.82, 2.24) is 0 Å². The third-order valence-electron chi connectivity index (χ3n) is 13.2. The topological polar surface area (TPSA) is 16.4 Å². The first kappa shape index (κ1) is 36.2. The summed E-state index contributed by atoms with van der Waals surface area (Å²) in [6.07, 6.45) is 0. The van der Waals surface area contributed by atoms with Crippen LogP contribution in [0.15, 0.2) is 241 Å². The lowest BCUT2D eigenvalue weighted by Crippen LogP contribution is -2.10. The second kappa shape index (κ2) is 14.6. The smallest absolute Gasteiger partial charge is 0.143 e. The summed E-state index contributed by atoms with van der Waals surface area (Å²) in [5, 5.41) is 14.4. The summed E-state index contributed by atoms with van der Waals surface area (Å²) in [6.45, 7) is 0. The molecule has 0 aliphatic heterocycles. The van der Waals surface area contributed by atoms with Crippen LogP contribution in [0.3, 0.4) is 0 Å². The molecule has 13 aromatic rings. The predicted octanol–water partition coefficient (Wildman–Crippen LogP) is 17.8. The van der Waals surface area contributed by atoms with E-state index in [-0.39, 0.29) is 0 Å². The van der Waals surface area contributed by atoms with Gasteiger partial charge < -0.3 is 9.32 Å². The highest BCUT2D eigenvalue weighted by molar-refractivity contribution is 6.23. The van der Waals surface area contributed by atoms with Crippen molar-refractivity contribution in [2.45, 2.75) is 0 Å². The van der Waals surface area contributed by atoms with Crippen LogP contribution in [-0.4, -0.2) is 0 Å². The van der Waals surface area contributed by atoms with E-state index in [2.05, 4.69) is 241 Å². The number of nitrogens with zero attached hydrogens (tertiary/aromatic N) is 1.